The van der Waals surface area contributed by atoms with E-state index in [0.717, 1.165) is 46.2 Å². The van der Waals surface area contributed by atoms with Gasteiger partial charge in [-0.1, -0.05) is 60.1 Å². The van der Waals surface area contributed by atoms with Crippen LogP contribution in [0.3, 0.4) is 0 Å². The molecule has 0 saturated heterocycles. The molecule has 6 rings (SSSR count). The number of para-hydroxylation sites is 1. The zero-order valence-electron chi connectivity index (χ0n) is 16.0. The van der Waals surface area contributed by atoms with Gasteiger partial charge in [-0.25, -0.2) is 9.78 Å². The third kappa shape index (κ3) is 2.52. The second-order valence-electron chi connectivity index (χ2n) is 7.59. The third-order valence-electron chi connectivity index (χ3n) is 5.90. The second kappa shape index (κ2) is 6.54. The molecule has 0 amide bonds. The lowest BCUT2D eigenvalue weighted by Gasteiger charge is -2.23. The minimum Gasteiger partial charge on any atom is -0.422 e. The van der Waals surface area contributed by atoms with E-state index >= 15 is 0 Å². The molecule has 0 spiro atoms. The van der Waals surface area contributed by atoms with E-state index in [4.69, 9.17) is 21.0 Å². The van der Waals surface area contributed by atoms with Crippen molar-refractivity contribution in [2.75, 3.05) is 0 Å². The number of rotatable bonds is 1. The van der Waals surface area contributed by atoms with E-state index in [1.807, 2.05) is 54.6 Å². The van der Waals surface area contributed by atoms with Crippen LogP contribution < -0.4 is 5.63 Å². The van der Waals surface area contributed by atoms with Crippen LogP contribution in [0.1, 0.15) is 11.1 Å². The molecule has 5 aromatic rings. The van der Waals surface area contributed by atoms with Gasteiger partial charge in [0.15, 0.2) is 0 Å². The van der Waals surface area contributed by atoms with Gasteiger partial charge < -0.3 is 4.42 Å². The van der Waals surface area contributed by atoms with Gasteiger partial charge in [-0.3, -0.25) is 0 Å². The topological polar surface area (TPSA) is 43.1 Å². The summed E-state index contributed by atoms with van der Waals surface area (Å²) < 4.78 is 5.70. The molecular formula is C26H16ClNO2. The summed E-state index contributed by atoms with van der Waals surface area (Å²) >= 11 is 6.14. The number of pyridine rings is 1. The van der Waals surface area contributed by atoms with E-state index < -0.39 is 0 Å². The molecule has 0 N–H and O–H groups in total. The first-order valence-electron chi connectivity index (χ1n) is 9.93. The predicted octanol–water partition coefficient (Wildman–Crippen LogP) is 6.43. The van der Waals surface area contributed by atoms with Gasteiger partial charge in [-0.05, 0) is 53.8 Å². The van der Waals surface area contributed by atoms with E-state index in [9.17, 15) is 4.79 Å². The van der Waals surface area contributed by atoms with Crippen LogP contribution in [0, 0.1) is 0 Å². The van der Waals surface area contributed by atoms with Gasteiger partial charge >= 0.3 is 5.63 Å². The summed E-state index contributed by atoms with van der Waals surface area (Å²) in [7, 11) is 0. The van der Waals surface area contributed by atoms with Crippen LogP contribution in [0.2, 0.25) is 5.02 Å². The van der Waals surface area contributed by atoms with Crippen LogP contribution in [0.25, 0.3) is 44.3 Å². The average Bonchev–Trinajstić information content (AvgIpc) is 2.78. The molecule has 0 bridgehead atoms. The summed E-state index contributed by atoms with van der Waals surface area (Å²) in [6.45, 7) is 0. The molecule has 1 aliphatic carbocycles. The summed E-state index contributed by atoms with van der Waals surface area (Å²) in [5, 5.41) is 2.04. The van der Waals surface area contributed by atoms with Gasteiger partial charge in [-0.2, -0.15) is 0 Å². The van der Waals surface area contributed by atoms with Crippen molar-refractivity contribution in [3.63, 3.8) is 0 Å². The normalized spacial score (nSPS) is 12.7. The molecule has 0 radical (unpaired) electrons. The Kier molecular flexibility index (Phi) is 3.80. The Hall–Kier alpha value is -3.43. The van der Waals surface area contributed by atoms with Crippen molar-refractivity contribution in [2.24, 2.45) is 0 Å². The number of fused-ring (bicyclic) bond motifs is 6. The number of aryl methyl sites for hydroxylation is 1. The molecule has 2 heterocycles. The summed E-state index contributed by atoms with van der Waals surface area (Å²) in [5.41, 5.74) is 7.18. The van der Waals surface area contributed by atoms with Crippen LogP contribution in [0.5, 0.6) is 0 Å². The van der Waals surface area contributed by atoms with Gasteiger partial charge in [0.2, 0.25) is 0 Å². The van der Waals surface area contributed by atoms with E-state index in [1.54, 1.807) is 0 Å². The first-order valence-corrected chi connectivity index (χ1v) is 10.3. The maximum Gasteiger partial charge on any atom is 0.346 e. The van der Waals surface area contributed by atoms with Crippen LogP contribution in [-0.4, -0.2) is 4.98 Å². The third-order valence-corrected chi connectivity index (χ3v) is 6.15. The molecule has 3 nitrogen and oxygen atoms in total. The highest BCUT2D eigenvalue weighted by atomic mass is 35.5. The smallest absolute Gasteiger partial charge is 0.346 e. The molecule has 2 aromatic heterocycles. The Labute approximate surface area is 177 Å². The van der Waals surface area contributed by atoms with Crippen molar-refractivity contribution >= 4 is 33.5 Å². The Morgan fingerprint density at radius 3 is 2.50 bits per heavy atom. The van der Waals surface area contributed by atoms with Gasteiger partial charge in [-0.15, -0.1) is 0 Å². The van der Waals surface area contributed by atoms with Crippen LogP contribution >= 0.6 is 11.6 Å². The molecule has 0 aliphatic heterocycles. The van der Waals surface area contributed by atoms with E-state index in [2.05, 4.69) is 18.2 Å². The Morgan fingerprint density at radius 2 is 1.63 bits per heavy atom. The molecular weight excluding hydrogens is 394 g/mol. The zero-order valence-corrected chi connectivity index (χ0v) is 16.7. The van der Waals surface area contributed by atoms with Crippen molar-refractivity contribution in [1.29, 1.82) is 0 Å². The minimum absolute atomic E-state index is 0.359. The van der Waals surface area contributed by atoms with Gasteiger partial charge in [0.25, 0.3) is 0 Å². The standard InChI is InChI=1S/C26H16ClNO2/c27-17-12-9-16(10-13-17)22-20-14-11-15-5-1-2-6-18(15)24(20)28-25-19-7-3-4-8-21(19)30-26(29)23(22)25/h1-10,12-13H,11,14H2. The maximum absolute atomic E-state index is 13.2. The fraction of sp³-hybridized carbons (Fsp3) is 0.0769. The summed E-state index contributed by atoms with van der Waals surface area (Å²) in [6.07, 6.45) is 1.73. The number of hydrogen-bond acceptors (Lipinski definition) is 3. The number of aromatic nitrogens is 1. The summed E-state index contributed by atoms with van der Waals surface area (Å²) in [6, 6.07) is 23.6. The fourth-order valence-electron chi connectivity index (χ4n) is 4.55. The van der Waals surface area contributed by atoms with E-state index in [1.165, 1.54) is 5.56 Å². The monoisotopic (exact) mass is 409 g/mol. The van der Waals surface area contributed by atoms with E-state index in [0.29, 0.717) is 21.5 Å². The minimum atomic E-state index is -0.359. The highest BCUT2D eigenvalue weighted by molar-refractivity contribution is 6.30. The average molecular weight is 410 g/mol. The lowest BCUT2D eigenvalue weighted by atomic mass is 9.83. The number of halogens is 1. The molecule has 4 heteroatoms. The van der Waals surface area contributed by atoms with Crippen molar-refractivity contribution in [3.8, 4) is 22.4 Å². The Morgan fingerprint density at radius 1 is 0.867 bits per heavy atom. The van der Waals surface area contributed by atoms with Crippen LogP contribution in [0.15, 0.2) is 82.0 Å². The number of benzene rings is 3. The lowest BCUT2D eigenvalue weighted by Crippen LogP contribution is -2.12. The highest BCUT2D eigenvalue weighted by Gasteiger charge is 2.25. The molecule has 144 valence electrons. The second-order valence-corrected chi connectivity index (χ2v) is 8.02. The SMILES string of the molecule is O=c1oc2ccccc2c2nc3c(c(-c4ccc(Cl)cc4)c12)CCc1ccccc1-3. The quantitative estimate of drug-likeness (QED) is 0.237. The Bertz CT molecular complexity index is 1520. The summed E-state index contributed by atoms with van der Waals surface area (Å²) in [4.78, 5) is 18.2. The first kappa shape index (κ1) is 17.4. The van der Waals surface area contributed by atoms with Crippen LogP contribution in [-0.2, 0) is 12.8 Å². The van der Waals surface area contributed by atoms with Crippen molar-refractivity contribution in [2.45, 2.75) is 12.8 Å². The van der Waals surface area contributed by atoms with E-state index in [-0.39, 0.29) is 5.63 Å². The van der Waals surface area contributed by atoms with Crippen molar-refractivity contribution in [1.82, 2.24) is 4.98 Å². The van der Waals surface area contributed by atoms with Gasteiger partial charge in [0.1, 0.15) is 5.58 Å². The zero-order chi connectivity index (χ0) is 20.2. The van der Waals surface area contributed by atoms with Crippen molar-refractivity contribution in [3.05, 3.63) is 99.4 Å². The molecule has 1 aliphatic rings. The van der Waals surface area contributed by atoms with Gasteiger partial charge in [0, 0.05) is 21.5 Å². The van der Waals surface area contributed by atoms with Crippen molar-refractivity contribution < 1.29 is 4.42 Å². The molecule has 0 atom stereocenters. The first-order chi connectivity index (χ1) is 14.7. The summed E-state index contributed by atoms with van der Waals surface area (Å²) in [5.74, 6) is 0. The molecule has 3 aromatic carbocycles. The molecule has 30 heavy (non-hydrogen) atoms. The predicted molar refractivity (Wildman–Crippen MR) is 121 cm³/mol. The molecule has 0 saturated carbocycles. The van der Waals surface area contributed by atoms with Crippen LogP contribution in [0.4, 0.5) is 0 Å². The molecule has 0 fully saturated rings. The number of nitrogens with zero attached hydrogens (tertiary/aromatic N) is 1. The largest absolute Gasteiger partial charge is 0.422 e. The maximum atomic E-state index is 13.2. The Balaban J connectivity index is 1.84. The lowest BCUT2D eigenvalue weighted by molar-refractivity contribution is 0.569. The highest BCUT2D eigenvalue weighted by Crippen LogP contribution is 2.42. The fourth-order valence-corrected chi connectivity index (χ4v) is 4.67. The van der Waals surface area contributed by atoms with Gasteiger partial charge in [0.05, 0.1) is 16.6 Å². The number of hydrogen-bond donors (Lipinski definition) is 0. The molecule has 0 unspecified atom stereocenters.